The van der Waals surface area contributed by atoms with Crippen LogP contribution < -0.4 is 0 Å². The van der Waals surface area contributed by atoms with Crippen molar-refractivity contribution in [2.45, 2.75) is 25.8 Å². The highest BCUT2D eigenvalue weighted by molar-refractivity contribution is 7.91. The van der Waals surface area contributed by atoms with Crippen molar-refractivity contribution in [1.82, 2.24) is 4.90 Å². The quantitative estimate of drug-likeness (QED) is 0.709. The lowest BCUT2D eigenvalue weighted by molar-refractivity contribution is -0.135. The molecule has 1 rings (SSSR count). The van der Waals surface area contributed by atoms with Crippen molar-refractivity contribution in [3.63, 3.8) is 0 Å². The van der Waals surface area contributed by atoms with E-state index in [4.69, 9.17) is 5.26 Å². The van der Waals surface area contributed by atoms with Crippen LogP contribution in [-0.4, -0.2) is 43.8 Å². The smallest absolute Gasteiger partial charge is 0.226 e. The van der Waals surface area contributed by atoms with Gasteiger partial charge in [0.15, 0.2) is 9.84 Å². The minimum absolute atomic E-state index is 0.0501. The van der Waals surface area contributed by atoms with Crippen molar-refractivity contribution in [2.24, 2.45) is 5.92 Å². The number of nitriles is 1. The van der Waals surface area contributed by atoms with Gasteiger partial charge >= 0.3 is 0 Å². The lowest BCUT2D eigenvalue weighted by Gasteiger charge is -2.25. The van der Waals surface area contributed by atoms with Crippen LogP contribution in [-0.2, 0) is 14.6 Å². The van der Waals surface area contributed by atoms with Gasteiger partial charge in [-0.2, -0.15) is 5.26 Å². The van der Waals surface area contributed by atoms with Gasteiger partial charge in [-0.1, -0.05) is 6.92 Å². The third-order valence-electron chi connectivity index (χ3n) is 2.92. The number of nitrogens with zero attached hydrogens (tertiary/aromatic N) is 2. The summed E-state index contributed by atoms with van der Waals surface area (Å²) in [7, 11) is -1.36. The van der Waals surface area contributed by atoms with Gasteiger partial charge in [-0.25, -0.2) is 8.42 Å². The molecule has 0 aliphatic carbocycles. The largest absolute Gasteiger partial charge is 0.341 e. The second-order valence-corrected chi connectivity index (χ2v) is 6.50. The Balaban J connectivity index is 2.62. The molecule has 0 aromatic rings. The third-order valence-corrected chi connectivity index (χ3v) is 4.67. The van der Waals surface area contributed by atoms with Gasteiger partial charge in [0.2, 0.25) is 5.91 Å². The fraction of sp³-hybridized carbons (Fsp3) is 0.800. The second kappa shape index (κ2) is 4.83. The molecule has 2 unspecified atom stereocenters. The fourth-order valence-corrected chi connectivity index (χ4v) is 3.61. The monoisotopic (exact) mass is 244 g/mol. The van der Waals surface area contributed by atoms with Gasteiger partial charge in [-0.15, -0.1) is 0 Å². The standard InChI is InChI=1S/C10H16N2O3S/c1-8(3-5-11)10(13)12(2)9-4-6-16(14,15)7-9/h8-9H,3-4,6-7H2,1-2H3. The Morgan fingerprint density at radius 2 is 2.25 bits per heavy atom. The van der Waals surface area contributed by atoms with Crippen LogP contribution in [0.4, 0.5) is 0 Å². The maximum absolute atomic E-state index is 11.8. The maximum atomic E-state index is 11.8. The topological polar surface area (TPSA) is 78.2 Å². The molecule has 1 heterocycles. The molecular weight excluding hydrogens is 228 g/mol. The van der Waals surface area contributed by atoms with Crippen molar-refractivity contribution in [3.05, 3.63) is 0 Å². The van der Waals surface area contributed by atoms with Gasteiger partial charge in [0.25, 0.3) is 0 Å². The number of hydrogen-bond acceptors (Lipinski definition) is 4. The molecular formula is C10H16N2O3S. The predicted octanol–water partition coefficient (Wildman–Crippen LogP) is 0.182. The van der Waals surface area contributed by atoms with E-state index in [2.05, 4.69) is 0 Å². The maximum Gasteiger partial charge on any atom is 0.226 e. The molecule has 5 nitrogen and oxygen atoms in total. The van der Waals surface area contributed by atoms with Crippen LogP contribution in [0.3, 0.4) is 0 Å². The first kappa shape index (κ1) is 13.0. The molecule has 1 fully saturated rings. The van der Waals surface area contributed by atoms with Crippen LogP contribution in [0.25, 0.3) is 0 Å². The van der Waals surface area contributed by atoms with E-state index in [1.807, 2.05) is 6.07 Å². The molecule has 1 aliphatic rings. The summed E-state index contributed by atoms with van der Waals surface area (Å²) in [5.41, 5.74) is 0. The minimum Gasteiger partial charge on any atom is -0.341 e. The van der Waals surface area contributed by atoms with E-state index >= 15 is 0 Å². The molecule has 0 spiro atoms. The zero-order valence-electron chi connectivity index (χ0n) is 9.51. The van der Waals surface area contributed by atoms with Crippen LogP contribution in [0.5, 0.6) is 0 Å². The van der Waals surface area contributed by atoms with Crippen molar-refractivity contribution < 1.29 is 13.2 Å². The first-order valence-corrected chi connectivity index (χ1v) is 7.03. The average molecular weight is 244 g/mol. The van der Waals surface area contributed by atoms with Crippen molar-refractivity contribution in [2.75, 3.05) is 18.6 Å². The Hall–Kier alpha value is -1.09. The van der Waals surface area contributed by atoms with E-state index in [1.54, 1.807) is 14.0 Å². The van der Waals surface area contributed by atoms with Crippen LogP contribution in [0.1, 0.15) is 19.8 Å². The number of carbonyl (C=O) groups is 1. The van der Waals surface area contributed by atoms with E-state index in [1.165, 1.54) is 4.90 Å². The van der Waals surface area contributed by atoms with E-state index in [9.17, 15) is 13.2 Å². The fourth-order valence-electron chi connectivity index (χ4n) is 1.83. The Morgan fingerprint density at radius 1 is 1.62 bits per heavy atom. The Bertz CT molecular complexity index is 410. The van der Waals surface area contributed by atoms with Gasteiger partial charge in [0.1, 0.15) is 0 Å². The van der Waals surface area contributed by atoms with Crippen LogP contribution in [0.2, 0.25) is 0 Å². The van der Waals surface area contributed by atoms with Crippen LogP contribution in [0, 0.1) is 17.2 Å². The Kier molecular flexibility index (Phi) is 3.92. The molecule has 90 valence electrons. The first-order valence-electron chi connectivity index (χ1n) is 5.21. The summed E-state index contributed by atoms with van der Waals surface area (Å²) in [6, 6.07) is 1.72. The first-order chi connectivity index (χ1) is 7.37. The summed E-state index contributed by atoms with van der Waals surface area (Å²) in [5.74, 6) is -0.307. The molecule has 1 aliphatic heterocycles. The summed E-state index contributed by atoms with van der Waals surface area (Å²) in [6.45, 7) is 1.69. The Morgan fingerprint density at radius 3 is 2.69 bits per heavy atom. The summed E-state index contributed by atoms with van der Waals surface area (Å²) >= 11 is 0. The highest BCUT2D eigenvalue weighted by atomic mass is 32.2. The SMILES string of the molecule is CC(CC#N)C(=O)N(C)C1CCS(=O)(=O)C1. The number of rotatable bonds is 3. The summed E-state index contributed by atoms with van der Waals surface area (Å²) in [6.07, 6.45) is 0.673. The molecule has 1 saturated heterocycles. The second-order valence-electron chi connectivity index (χ2n) is 4.27. The zero-order chi connectivity index (χ0) is 12.3. The Labute approximate surface area is 96.0 Å². The molecule has 1 amide bonds. The van der Waals surface area contributed by atoms with Gasteiger partial charge in [0, 0.05) is 25.4 Å². The van der Waals surface area contributed by atoms with Crippen LogP contribution >= 0.6 is 0 Å². The molecule has 0 bridgehead atoms. The molecule has 0 aromatic heterocycles. The number of hydrogen-bond donors (Lipinski definition) is 0. The summed E-state index contributed by atoms with van der Waals surface area (Å²) in [4.78, 5) is 13.3. The van der Waals surface area contributed by atoms with E-state index < -0.39 is 9.84 Å². The van der Waals surface area contributed by atoms with Gasteiger partial charge < -0.3 is 4.90 Å². The number of carbonyl (C=O) groups excluding carboxylic acids is 1. The average Bonchev–Trinajstić information content (AvgIpc) is 2.57. The third kappa shape index (κ3) is 2.95. The normalized spacial score (nSPS) is 24.7. The summed E-state index contributed by atoms with van der Waals surface area (Å²) < 4.78 is 22.5. The minimum atomic E-state index is -2.97. The zero-order valence-corrected chi connectivity index (χ0v) is 10.3. The lowest BCUT2D eigenvalue weighted by Crippen LogP contribution is -2.40. The highest BCUT2D eigenvalue weighted by Gasteiger charge is 2.33. The van der Waals surface area contributed by atoms with E-state index in [-0.39, 0.29) is 35.8 Å². The van der Waals surface area contributed by atoms with Crippen molar-refractivity contribution in [3.8, 4) is 6.07 Å². The molecule has 6 heteroatoms. The number of amides is 1. The molecule has 0 N–H and O–H groups in total. The van der Waals surface area contributed by atoms with Crippen molar-refractivity contribution >= 4 is 15.7 Å². The highest BCUT2D eigenvalue weighted by Crippen LogP contribution is 2.18. The molecule has 0 saturated carbocycles. The predicted molar refractivity (Wildman–Crippen MR) is 59.2 cm³/mol. The molecule has 16 heavy (non-hydrogen) atoms. The van der Waals surface area contributed by atoms with Crippen molar-refractivity contribution in [1.29, 1.82) is 5.26 Å². The van der Waals surface area contributed by atoms with E-state index in [0.29, 0.717) is 6.42 Å². The van der Waals surface area contributed by atoms with Gasteiger partial charge in [0.05, 0.1) is 17.6 Å². The molecule has 2 atom stereocenters. The number of sulfone groups is 1. The molecule has 0 aromatic carbocycles. The van der Waals surface area contributed by atoms with Crippen LogP contribution in [0.15, 0.2) is 0 Å². The molecule has 0 radical (unpaired) electrons. The van der Waals surface area contributed by atoms with Gasteiger partial charge in [-0.3, -0.25) is 4.79 Å². The van der Waals surface area contributed by atoms with Gasteiger partial charge in [-0.05, 0) is 6.42 Å². The lowest BCUT2D eigenvalue weighted by atomic mass is 10.1. The van der Waals surface area contributed by atoms with E-state index in [0.717, 1.165) is 0 Å². The summed E-state index contributed by atoms with van der Waals surface area (Å²) in [5, 5.41) is 8.50.